The van der Waals surface area contributed by atoms with Crippen LogP contribution in [0.4, 0.5) is 16.0 Å². The molecule has 2 heterocycles. The molecule has 12 heteroatoms. The van der Waals surface area contributed by atoms with Crippen LogP contribution in [-0.4, -0.2) is 21.2 Å². The molecule has 0 aliphatic carbocycles. The topological polar surface area (TPSA) is 124 Å². The van der Waals surface area contributed by atoms with E-state index in [2.05, 4.69) is 41.3 Å². The Bertz CT molecular complexity index is 768. The quantitative estimate of drug-likeness (QED) is 0.627. The average Bonchev–Trinajstić information content (AvgIpc) is 3.08. The van der Waals surface area contributed by atoms with Crippen LogP contribution in [0.5, 0.6) is 0 Å². The zero-order chi connectivity index (χ0) is 15.9. The van der Waals surface area contributed by atoms with Crippen molar-refractivity contribution in [1.29, 1.82) is 0 Å². The number of halogens is 2. The van der Waals surface area contributed by atoms with Crippen molar-refractivity contribution in [2.24, 2.45) is 0 Å². The third-order valence-electron chi connectivity index (χ3n) is 2.84. The molecule has 1 aromatic heterocycles. The van der Waals surface area contributed by atoms with Gasteiger partial charge in [-0.1, -0.05) is 11.7 Å². The molecule has 1 fully saturated rings. The number of hydrazine groups is 1. The Labute approximate surface area is 129 Å². The van der Waals surface area contributed by atoms with E-state index >= 15 is 0 Å². The second kappa shape index (κ2) is 5.31. The first kappa shape index (κ1) is 14.3. The molecule has 0 radical (unpaired) electrons. The number of carbonyl (C=O) groups is 1. The standard InChI is InChI=1S/C10H5BrFN5O5/c11-5-3-4(1-2-6(5)12)7-10(18)21-15-16(7)8-9(17(19)20)14-22-13-8/h1-3,7,15H. The Morgan fingerprint density at radius 3 is 2.91 bits per heavy atom. The smallest absolute Gasteiger partial charge is 0.358 e. The maximum absolute atomic E-state index is 13.3. The number of benzene rings is 1. The summed E-state index contributed by atoms with van der Waals surface area (Å²) < 4.78 is 17.7. The van der Waals surface area contributed by atoms with Crippen molar-refractivity contribution in [1.82, 2.24) is 15.9 Å². The van der Waals surface area contributed by atoms with Crippen molar-refractivity contribution in [2.45, 2.75) is 6.04 Å². The highest BCUT2D eigenvalue weighted by molar-refractivity contribution is 9.10. The summed E-state index contributed by atoms with van der Waals surface area (Å²) in [5.41, 5.74) is 2.51. The van der Waals surface area contributed by atoms with Crippen molar-refractivity contribution in [3.8, 4) is 0 Å². The summed E-state index contributed by atoms with van der Waals surface area (Å²) in [5.74, 6) is -2.32. The SMILES string of the molecule is O=C1ONN(c2nonc2[N+](=O)[O-])C1c1ccc(F)c(Br)c1. The molecule has 0 saturated carbocycles. The summed E-state index contributed by atoms with van der Waals surface area (Å²) in [6.07, 6.45) is 0. The predicted molar refractivity (Wildman–Crippen MR) is 69.5 cm³/mol. The zero-order valence-electron chi connectivity index (χ0n) is 10.4. The van der Waals surface area contributed by atoms with Gasteiger partial charge in [0, 0.05) is 5.16 Å². The van der Waals surface area contributed by atoms with Gasteiger partial charge in [0.2, 0.25) is 0 Å². The maximum atomic E-state index is 13.3. The predicted octanol–water partition coefficient (Wildman–Crippen LogP) is 1.40. The van der Waals surface area contributed by atoms with Crippen molar-refractivity contribution < 1.29 is 23.6 Å². The van der Waals surface area contributed by atoms with E-state index in [-0.39, 0.29) is 10.3 Å². The fourth-order valence-corrected chi connectivity index (χ4v) is 2.28. The van der Waals surface area contributed by atoms with Crippen LogP contribution in [0.3, 0.4) is 0 Å². The molecule has 1 saturated heterocycles. The summed E-state index contributed by atoms with van der Waals surface area (Å²) in [6.45, 7) is 0. The van der Waals surface area contributed by atoms with Gasteiger partial charge in [0.25, 0.3) is 5.82 Å². The molecule has 0 bridgehead atoms. The number of rotatable bonds is 3. The highest BCUT2D eigenvalue weighted by Crippen LogP contribution is 2.34. The van der Waals surface area contributed by atoms with Crippen LogP contribution < -0.4 is 10.6 Å². The Hall–Kier alpha value is -2.60. The Morgan fingerprint density at radius 2 is 2.23 bits per heavy atom. The van der Waals surface area contributed by atoms with Gasteiger partial charge in [-0.15, -0.1) is 4.63 Å². The summed E-state index contributed by atoms with van der Waals surface area (Å²) >= 11 is 3.00. The monoisotopic (exact) mass is 373 g/mol. The highest BCUT2D eigenvalue weighted by atomic mass is 79.9. The molecular weight excluding hydrogens is 369 g/mol. The van der Waals surface area contributed by atoms with E-state index in [0.717, 1.165) is 11.1 Å². The first-order valence-electron chi connectivity index (χ1n) is 5.66. The minimum absolute atomic E-state index is 0.123. The lowest BCUT2D eigenvalue weighted by molar-refractivity contribution is -0.390. The van der Waals surface area contributed by atoms with E-state index in [4.69, 9.17) is 0 Å². The van der Waals surface area contributed by atoms with Crippen molar-refractivity contribution in [2.75, 3.05) is 5.01 Å². The molecule has 1 aliphatic heterocycles. The van der Waals surface area contributed by atoms with Gasteiger partial charge < -0.3 is 15.0 Å². The number of nitrogens with zero attached hydrogens (tertiary/aromatic N) is 4. The van der Waals surface area contributed by atoms with E-state index in [1.165, 1.54) is 12.1 Å². The number of nitro groups is 1. The van der Waals surface area contributed by atoms with Crippen LogP contribution in [0.15, 0.2) is 27.3 Å². The lowest BCUT2D eigenvalue weighted by atomic mass is 10.1. The molecule has 22 heavy (non-hydrogen) atoms. The lowest BCUT2D eigenvalue weighted by Gasteiger charge is -2.17. The first-order chi connectivity index (χ1) is 10.5. The molecule has 1 atom stereocenters. The minimum atomic E-state index is -1.12. The number of nitrogens with one attached hydrogen (secondary N) is 1. The summed E-state index contributed by atoms with van der Waals surface area (Å²) in [6, 6.07) is 2.70. The number of hydrogen-bond acceptors (Lipinski definition) is 9. The van der Waals surface area contributed by atoms with E-state index in [9.17, 15) is 19.3 Å². The fourth-order valence-electron chi connectivity index (χ4n) is 1.89. The molecule has 2 aromatic rings. The van der Waals surface area contributed by atoms with Gasteiger partial charge in [-0.3, -0.25) is 0 Å². The van der Waals surface area contributed by atoms with E-state index in [1.807, 2.05) is 0 Å². The number of anilines is 1. The van der Waals surface area contributed by atoms with Gasteiger partial charge in [-0.05, 0) is 38.5 Å². The highest BCUT2D eigenvalue weighted by Gasteiger charge is 2.43. The molecule has 1 N–H and O–H groups in total. The van der Waals surface area contributed by atoms with Crippen LogP contribution in [0, 0.1) is 15.9 Å². The van der Waals surface area contributed by atoms with Gasteiger partial charge in [0.15, 0.2) is 11.2 Å². The lowest BCUT2D eigenvalue weighted by Crippen LogP contribution is -2.33. The Kier molecular flexibility index (Phi) is 3.46. The van der Waals surface area contributed by atoms with Crippen LogP contribution in [0.25, 0.3) is 0 Å². The van der Waals surface area contributed by atoms with E-state index < -0.39 is 28.6 Å². The molecule has 1 aliphatic rings. The minimum Gasteiger partial charge on any atom is -0.358 e. The third kappa shape index (κ3) is 2.27. The second-order valence-electron chi connectivity index (χ2n) is 4.13. The molecular formula is C10H5BrFN5O5. The van der Waals surface area contributed by atoms with Gasteiger partial charge in [0.1, 0.15) is 5.82 Å². The van der Waals surface area contributed by atoms with Crippen LogP contribution in [0.1, 0.15) is 11.6 Å². The van der Waals surface area contributed by atoms with Gasteiger partial charge in [-0.25, -0.2) is 14.2 Å². The molecule has 114 valence electrons. The summed E-state index contributed by atoms with van der Waals surface area (Å²) in [7, 11) is 0. The summed E-state index contributed by atoms with van der Waals surface area (Å²) in [4.78, 5) is 26.6. The van der Waals surface area contributed by atoms with Crippen molar-refractivity contribution in [3.63, 3.8) is 0 Å². The molecule has 1 unspecified atom stereocenters. The zero-order valence-corrected chi connectivity index (χ0v) is 12.0. The van der Waals surface area contributed by atoms with Crippen LogP contribution in [0.2, 0.25) is 0 Å². The van der Waals surface area contributed by atoms with Gasteiger partial charge in [-0.2, -0.15) is 0 Å². The maximum Gasteiger partial charge on any atom is 0.460 e. The first-order valence-corrected chi connectivity index (χ1v) is 6.46. The number of hydrogen-bond donors (Lipinski definition) is 1. The second-order valence-corrected chi connectivity index (χ2v) is 4.98. The van der Waals surface area contributed by atoms with Gasteiger partial charge in [0.05, 0.1) is 4.47 Å². The number of aromatic nitrogens is 2. The van der Waals surface area contributed by atoms with Crippen LogP contribution in [-0.2, 0) is 9.63 Å². The van der Waals surface area contributed by atoms with E-state index in [0.29, 0.717) is 5.56 Å². The average molecular weight is 374 g/mol. The molecule has 0 spiro atoms. The van der Waals surface area contributed by atoms with Crippen molar-refractivity contribution >= 4 is 33.5 Å². The van der Waals surface area contributed by atoms with E-state index in [1.54, 1.807) is 0 Å². The largest absolute Gasteiger partial charge is 0.460 e. The molecule has 0 amide bonds. The third-order valence-corrected chi connectivity index (χ3v) is 3.45. The fraction of sp³-hybridized carbons (Fsp3) is 0.100. The normalized spacial score (nSPS) is 17.6. The Balaban J connectivity index is 2.04. The molecule has 3 rings (SSSR count). The summed E-state index contributed by atoms with van der Waals surface area (Å²) in [5, 5.41) is 18.4. The van der Waals surface area contributed by atoms with Crippen LogP contribution >= 0.6 is 15.9 Å². The molecule has 10 nitrogen and oxygen atoms in total. The number of carbonyl (C=O) groups excluding carboxylic acids is 1. The molecule has 1 aromatic carbocycles. The van der Waals surface area contributed by atoms with Gasteiger partial charge >= 0.3 is 11.8 Å². The Morgan fingerprint density at radius 1 is 1.45 bits per heavy atom. The van der Waals surface area contributed by atoms with Crippen molar-refractivity contribution in [3.05, 3.63) is 44.2 Å².